The van der Waals surface area contributed by atoms with Crippen molar-refractivity contribution < 1.29 is 9.90 Å². The number of carbonyl (C=O) groups excluding carboxylic acids is 1. The number of Topliss-reactive ketones (excluding diaryl/α,β-unsaturated/α-hetero) is 1. The Morgan fingerprint density at radius 3 is 2.48 bits per heavy atom. The van der Waals surface area contributed by atoms with Crippen LogP contribution < -0.4 is 5.32 Å². The molecular weight excluding hydrogens is 264 g/mol. The minimum absolute atomic E-state index is 0.00333. The predicted octanol–water partition coefficient (Wildman–Crippen LogP) is 2.09. The molecule has 1 fully saturated rings. The van der Waals surface area contributed by atoms with Crippen LogP contribution in [0.3, 0.4) is 0 Å². The molecule has 4 nitrogen and oxygen atoms in total. The van der Waals surface area contributed by atoms with Crippen molar-refractivity contribution in [3.8, 4) is 5.75 Å². The minimum Gasteiger partial charge on any atom is -0.507 e. The number of aryl methyl sites for hydroxylation is 1. The summed E-state index contributed by atoms with van der Waals surface area (Å²) in [6.45, 7) is 12.1. The van der Waals surface area contributed by atoms with E-state index in [4.69, 9.17) is 0 Å². The molecule has 2 rings (SSSR count). The highest BCUT2D eigenvalue weighted by Crippen LogP contribution is 2.34. The first-order valence-electron chi connectivity index (χ1n) is 7.59. The van der Waals surface area contributed by atoms with E-state index in [0.717, 1.165) is 37.3 Å². The number of ketones is 1. The first-order chi connectivity index (χ1) is 9.79. The Morgan fingerprint density at radius 2 is 1.90 bits per heavy atom. The highest BCUT2D eigenvalue weighted by Gasteiger charge is 2.24. The van der Waals surface area contributed by atoms with Crippen LogP contribution in [0, 0.1) is 6.92 Å². The molecule has 1 aliphatic rings. The van der Waals surface area contributed by atoms with Crippen molar-refractivity contribution in [2.24, 2.45) is 0 Å². The summed E-state index contributed by atoms with van der Waals surface area (Å²) in [5.41, 5.74) is 2.13. The second kappa shape index (κ2) is 6.16. The van der Waals surface area contributed by atoms with Crippen molar-refractivity contribution in [3.05, 3.63) is 28.8 Å². The molecule has 0 radical (unpaired) electrons. The average Bonchev–Trinajstić information content (AvgIpc) is 2.40. The lowest BCUT2D eigenvalue weighted by Crippen LogP contribution is -2.45. The maximum atomic E-state index is 12.5. The zero-order valence-corrected chi connectivity index (χ0v) is 13.5. The maximum absolute atomic E-state index is 12.5. The van der Waals surface area contributed by atoms with Gasteiger partial charge >= 0.3 is 0 Å². The van der Waals surface area contributed by atoms with E-state index in [1.54, 1.807) is 6.07 Å². The van der Waals surface area contributed by atoms with Gasteiger partial charge in [-0.25, -0.2) is 0 Å². The van der Waals surface area contributed by atoms with Gasteiger partial charge in [0.15, 0.2) is 5.78 Å². The highest BCUT2D eigenvalue weighted by molar-refractivity contribution is 6.00. The second-order valence-electron chi connectivity index (χ2n) is 6.91. The summed E-state index contributed by atoms with van der Waals surface area (Å²) in [7, 11) is 0. The molecule has 0 bridgehead atoms. The minimum atomic E-state index is -0.180. The topological polar surface area (TPSA) is 52.6 Å². The number of aromatic hydroxyl groups is 1. The second-order valence-corrected chi connectivity index (χ2v) is 6.91. The van der Waals surface area contributed by atoms with E-state index >= 15 is 0 Å². The first kappa shape index (κ1) is 16.0. The molecule has 0 spiro atoms. The zero-order chi connectivity index (χ0) is 15.6. The van der Waals surface area contributed by atoms with E-state index in [9.17, 15) is 9.90 Å². The third-order valence-electron chi connectivity index (χ3n) is 3.94. The van der Waals surface area contributed by atoms with Crippen LogP contribution in [-0.2, 0) is 5.41 Å². The summed E-state index contributed by atoms with van der Waals surface area (Å²) >= 11 is 0. The molecule has 0 amide bonds. The summed E-state index contributed by atoms with van der Waals surface area (Å²) < 4.78 is 0. The Labute approximate surface area is 127 Å². The van der Waals surface area contributed by atoms with Gasteiger partial charge in [-0.15, -0.1) is 0 Å². The van der Waals surface area contributed by atoms with Gasteiger partial charge in [-0.2, -0.15) is 0 Å². The quantitative estimate of drug-likeness (QED) is 0.837. The van der Waals surface area contributed by atoms with Crippen LogP contribution in [0.2, 0.25) is 0 Å². The van der Waals surface area contributed by atoms with Gasteiger partial charge in [0, 0.05) is 31.7 Å². The van der Waals surface area contributed by atoms with Gasteiger partial charge in [-0.1, -0.05) is 26.8 Å². The van der Waals surface area contributed by atoms with Crippen LogP contribution in [0.1, 0.15) is 42.3 Å². The van der Waals surface area contributed by atoms with E-state index in [-0.39, 0.29) is 16.9 Å². The monoisotopic (exact) mass is 290 g/mol. The van der Waals surface area contributed by atoms with Crippen molar-refractivity contribution in [1.29, 1.82) is 0 Å². The van der Waals surface area contributed by atoms with E-state index in [0.29, 0.717) is 12.1 Å². The molecule has 1 aromatic carbocycles. The molecule has 21 heavy (non-hydrogen) atoms. The molecular formula is C17H26N2O2. The lowest BCUT2D eigenvalue weighted by Gasteiger charge is -2.27. The van der Waals surface area contributed by atoms with Crippen molar-refractivity contribution >= 4 is 5.78 Å². The van der Waals surface area contributed by atoms with Gasteiger partial charge < -0.3 is 10.4 Å². The number of phenols is 1. The van der Waals surface area contributed by atoms with Gasteiger partial charge in [0.25, 0.3) is 0 Å². The number of nitrogens with zero attached hydrogens (tertiary/aromatic N) is 1. The Kier molecular flexibility index (Phi) is 4.69. The van der Waals surface area contributed by atoms with E-state index in [1.165, 1.54) is 0 Å². The SMILES string of the molecule is Cc1cc(C(=O)CN2CCNCC2)c(O)c(C(C)(C)C)c1. The molecule has 0 saturated carbocycles. The van der Waals surface area contributed by atoms with Crippen molar-refractivity contribution in [1.82, 2.24) is 10.2 Å². The number of rotatable bonds is 3. The van der Waals surface area contributed by atoms with E-state index < -0.39 is 0 Å². The fraction of sp³-hybridized carbons (Fsp3) is 0.588. The third kappa shape index (κ3) is 3.83. The molecule has 116 valence electrons. The number of nitrogens with one attached hydrogen (secondary N) is 1. The molecule has 1 heterocycles. The van der Waals surface area contributed by atoms with Crippen LogP contribution in [0.4, 0.5) is 0 Å². The number of hydrogen-bond donors (Lipinski definition) is 2. The van der Waals surface area contributed by atoms with Gasteiger partial charge in [-0.3, -0.25) is 9.69 Å². The zero-order valence-electron chi connectivity index (χ0n) is 13.5. The Balaban J connectivity index is 2.26. The first-order valence-corrected chi connectivity index (χ1v) is 7.59. The molecule has 0 unspecified atom stereocenters. The molecule has 0 atom stereocenters. The maximum Gasteiger partial charge on any atom is 0.180 e. The lowest BCUT2D eigenvalue weighted by atomic mass is 9.83. The standard InChI is InChI=1S/C17H26N2O2/c1-12-9-13(16(21)14(10-12)17(2,3)4)15(20)11-19-7-5-18-6-8-19/h9-10,18,21H,5-8,11H2,1-4H3. The van der Waals surface area contributed by atoms with Crippen LogP contribution >= 0.6 is 0 Å². The number of piperazine rings is 1. The van der Waals surface area contributed by atoms with Gasteiger partial charge in [0.05, 0.1) is 12.1 Å². The number of benzene rings is 1. The molecule has 4 heteroatoms. The van der Waals surface area contributed by atoms with Gasteiger partial charge in [0.2, 0.25) is 0 Å². The molecule has 2 N–H and O–H groups in total. The van der Waals surface area contributed by atoms with E-state index in [1.807, 2.05) is 33.8 Å². The van der Waals surface area contributed by atoms with Crippen LogP contribution in [0.15, 0.2) is 12.1 Å². The van der Waals surface area contributed by atoms with Crippen LogP contribution in [0.25, 0.3) is 0 Å². The Hall–Kier alpha value is -1.39. The normalized spacial score (nSPS) is 17.0. The number of hydrogen-bond acceptors (Lipinski definition) is 4. The molecule has 1 saturated heterocycles. The average molecular weight is 290 g/mol. The predicted molar refractivity (Wildman–Crippen MR) is 85.2 cm³/mol. The summed E-state index contributed by atoms with van der Waals surface area (Å²) in [5, 5.41) is 13.8. The molecule has 1 aromatic rings. The van der Waals surface area contributed by atoms with Crippen molar-refractivity contribution in [2.75, 3.05) is 32.7 Å². The van der Waals surface area contributed by atoms with Crippen LogP contribution in [-0.4, -0.2) is 48.5 Å². The molecule has 0 aliphatic carbocycles. The summed E-state index contributed by atoms with van der Waals surface area (Å²) in [6.07, 6.45) is 0. The van der Waals surface area contributed by atoms with Crippen molar-refractivity contribution in [2.45, 2.75) is 33.1 Å². The molecule has 1 aliphatic heterocycles. The van der Waals surface area contributed by atoms with E-state index in [2.05, 4.69) is 10.2 Å². The Bertz CT molecular complexity index is 526. The highest BCUT2D eigenvalue weighted by atomic mass is 16.3. The summed E-state index contributed by atoms with van der Waals surface area (Å²) in [5.74, 6) is 0.150. The largest absolute Gasteiger partial charge is 0.507 e. The van der Waals surface area contributed by atoms with Gasteiger partial charge in [0.1, 0.15) is 5.75 Å². The number of phenolic OH excluding ortho intramolecular Hbond substituents is 1. The molecule has 0 aromatic heterocycles. The summed E-state index contributed by atoms with van der Waals surface area (Å²) in [6, 6.07) is 3.77. The fourth-order valence-electron chi connectivity index (χ4n) is 2.72. The lowest BCUT2D eigenvalue weighted by molar-refractivity contribution is 0.0918. The number of carbonyl (C=O) groups is 1. The Morgan fingerprint density at radius 1 is 1.29 bits per heavy atom. The fourth-order valence-corrected chi connectivity index (χ4v) is 2.72. The summed E-state index contributed by atoms with van der Waals surface area (Å²) in [4.78, 5) is 14.7. The van der Waals surface area contributed by atoms with Crippen LogP contribution in [0.5, 0.6) is 5.75 Å². The van der Waals surface area contributed by atoms with Crippen molar-refractivity contribution in [3.63, 3.8) is 0 Å². The van der Waals surface area contributed by atoms with Gasteiger partial charge in [-0.05, 0) is 24.0 Å². The third-order valence-corrected chi connectivity index (χ3v) is 3.94. The smallest absolute Gasteiger partial charge is 0.180 e.